The maximum absolute atomic E-state index is 12.8. The fourth-order valence-corrected chi connectivity index (χ4v) is 1.82. The molecule has 0 atom stereocenters. The first kappa shape index (κ1) is 10.3. The molecule has 1 saturated carbocycles. The summed E-state index contributed by atoms with van der Waals surface area (Å²) in [4.78, 5) is 0. The van der Waals surface area contributed by atoms with Crippen molar-refractivity contribution in [1.29, 1.82) is 0 Å². The van der Waals surface area contributed by atoms with E-state index >= 15 is 0 Å². The van der Waals surface area contributed by atoms with Crippen LogP contribution in [0, 0.1) is 0 Å². The summed E-state index contributed by atoms with van der Waals surface area (Å²) in [5.74, 6) is 0.0986. The van der Waals surface area contributed by atoms with Gasteiger partial charge < -0.3 is 0 Å². The third kappa shape index (κ3) is 1.91. The van der Waals surface area contributed by atoms with Crippen LogP contribution < -0.4 is 0 Å². The fourth-order valence-electron chi connectivity index (χ4n) is 1.82. The molecular formula is C12H11F3. The van der Waals surface area contributed by atoms with Crippen molar-refractivity contribution in [3.05, 3.63) is 41.5 Å². The van der Waals surface area contributed by atoms with Gasteiger partial charge >= 0.3 is 6.18 Å². The van der Waals surface area contributed by atoms with Gasteiger partial charge in [0.05, 0.1) is 5.56 Å². The number of rotatable bonds is 2. The van der Waals surface area contributed by atoms with E-state index in [1.165, 1.54) is 12.1 Å². The molecule has 0 radical (unpaired) electrons. The lowest BCUT2D eigenvalue weighted by atomic mass is 9.97. The van der Waals surface area contributed by atoms with Crippen LogP contribution in [0.2, 0.25) is 0 Å². The van der Waals surface area contributed by atoms with Gasteiger partial charge in [0.25, 0.3) is 0 Å². The van der Waals surface area contributed by atoms with Crippen molar-refractivity contribution >= 4 is 6.08 Å². The van der Waals surface area contributed by atoms with Gasteiger partial charge in [-0.3, -0.25) is 0 Å². The molecule has 0 heterocycles. The van der Waals surface area contributed by atoms with Crippen molar-refractivity contribution in [3.8, 4) is 0 Å². The Balaban J connectivity index is 2.59. The van der Waals surface area contributed by atoms with E-state index in [9.17, 15) is 13.2 Å². The molecule has 0 aliphatic heterocycles. The van der Waals surface area contributed by atoms with Gasteiger partial charge in [-0.25, -0.2) is 0 Å². The summed E-state index contributed by atoms with van der Waals surface area (Å²) in [5.41, 5.74) is 0.120. The van der Waals surface area contributed by atoms with Crippen LogP contribution in [0.3, 0.4) is 0 Å². The zero-order chi connectivity index (χ0) is 11.1. The van der Waals surface area contributed by atoms with Crippen LogP contribution in [0.15, 0.2) is 24.8 Å². The van der Waals surface area contributed by atoms with Crippen LogP contribution >= 0.6 is 0 Å². The molecule has 0 N–H and O–H groups in total. The Morgan fingerprint density at radius 3 is 2.40 bits per heavy atom. The molecule has 0 bridgehead atoms. The molecule has 0 unspecified atom stereocenters. The van der Waals surface area contributed by atoms with Crippen LogP contribution in [0.25, 0.3) is 6.08 Å². The number of benzene rings is 1. The summed E-state index contributed by atoms with van der Waals surface area (Å²) in [7, 11) is 0. The third-order valence-electron chi connectivity index (χ3n) is 2.65. The van der Waals surface area contributed by atoms with E-state index in [0.717, 1.165) is 12.8 Å². The number of hydrogen-bond acceptors (Lipinski definition) is 0. The fraction of sp³-hybridized carbons (Fsp3) is 0.333. The summed E-state index contributed by atoms with van der Waals surface area (Å²) in [6.45, 7) is 3.43. The second-order valence-corrected chi connectivity index (χ2v) is 3.79. The largest absolute Gasteiger partial charge is 0.417 e. The zero-order valence-corrected chi connectivity index (χ0v) is 8.14. The van der Waals surface area contributed by atoms with Crippen LogP contribution in [0.4, 0.5) is 13.2 Å². The van der Waals surface area contributed by atoms with Crippen LogP contribution in [0.1, 0.15) is 35.4 Å². The van der Waals surface area contributed by atoms with Crippen LogP contribution in [-0.4, -0.2) is 0 Å². The number of alkyl halides is 3. The predicted molar refractivity (Wildman–Crippen MR) is 53.5 cm³/mol. The highest BCUT2D eigenvalue weighted by molar-refractivity contribution is 5.56. The van der Waals surface area contributed by atoms with E-state index in [1.54, 1.807) is 12.1 Å². The Morgan fingerprint density at radius 2 is 1.93 bits per heavy atom. The Kier molecular flexibility index (Phi) is 2.33. The molecule has 1 aliphatic rings. The normalized spacial score (nSPS) is 16.5. The summed E-state index contributed by atoms with van der Waals surface area (Å²) in [5, 5.41) is 0. The van der Waals surface area contributed by atoms with Gasteiger partial charge in [0.15, 0.2) is 0 Å². The molecule has 1 fully saturated rings. The highest BCUT2D eigenvalue weighted by Gasteiger charge is 2.39. The highest BCUT2D eigenvalue weighted by atomic mass is 19.4. The molecule has 1 aromatic rings. The van der Waals surface area contributed by atoms with Gasteiger partial charge in [-0.1, -0.05) is 30.9 Å². The van der Waals surface area contributed by atoms with Gasteiger partial charge in [-0.2, -0.15) is 13.2 Å². The minimum absolute atomic E-state index is 0.0986. The molecule has 15 heavy (non-hydrogen) atoms. The quantitative estimate of drug-likeness (QED) is 0.688. The van der Waals surface area contributed by atoms with Crippen molar-refractivity contribution < 1.29 is 13.2 Å². The van der Waals surface area contributed by atoms with Crippen molar-refractivity contribution in [2.75, 3.05) is 0 Å². The first-order valence-corrected chi connectivity index (χ1v) is 4.86. The van der Waals surface area contributed by atoms with E-state index in [0.29, 0.717) is 5.56 Å². The van der Waals surface area contributed by atoms with Crippen molar-refractivity contribution in [1.82, 2.24) is 0 Å². The van der Waals surface area contributed by atoms with Gasteiger partial charge in [0.2, 0.25) is 0 Å². The summed E-state index contributed by atoms with van der Waals surface area (Å²) in [6, 6.07) is 4.70. The standard InChI is InChI=1S/C12H11F3/c1-2-8-4-3-5-10(9-6-7-9)11(8)12(13,14)15/h2-5,9H,1,6-7H2. The molecule has 0 nitrogen and oxygen atoms in total. The molecular weight excluding hydrogens is 201 g/mol. The summed E-state index contributed by atoms with van der Waals surface area (Å²) in [6.07, 6.45) is -1.27. The molecule has 1 aliphatic carbocycles. The summed E-state index contributed by atoms with van der Waals surface area (Å²) >= 11 is 0. The Labute approximate surface area is 86.4 Å². The molecule has 0 saturated heterocycles. The lowest BCUT2D eigenvalue weighted by Crippen LogP contribution is -2.11. The third-order valence-corrected chi connectivity index (χ3v) is 2.65. The van der Waals surface area contributed by atoms with Crippen molar-refractivity contribution in [3.63, 3.8) is 0 Å². The molecule has 1 aromatic carbocycles. The molecule has 80 valence electrons. The average Bonchev–Trinajstić information content (AvgIpc) is 2.98. The lowest BCUT2D eigenvalue weighted by Gasteiger charge is -2.15. The Bertz CT molecular complexity index is 386. The second kappa shape index (κ2) is 3.40. The maximum atomic E-state index is 12.8. The van der Waals surface area contributed by atoms with Gasteiger partial charge in [-0.05, 0) is 29.9 Å². The molecule has 0 spiro atoms. The van der Waals surface area contributed by atoms with E-state index in [4.69, 9.17) is 0 Å². The minimum Gasteiger partial charge on any atom is -0.166 e. The second-order valence-electron chi connectivity index (χ2n) is 3.79. The van der Waals surface area contributed by atoms with Crippen molar-refractivity contribution in [2.45, 2.75) is 24.9 Å². The van der Waals surface area contributed by atoms with Crippen molar-refractivity contribution in [2.24, 2.45) is 0 Å². The molecule has 3 heteroatoms. The smallest absolute Gasteiger partial charge is 0.166 e. The molecule has 2 rings (SSSR count). The lowest BCUT2D eigenvalue weighted by molar-refractivity contribution is -0.138. The van der Waals surface area contributed by atoms with Gasteiger partial charge in [-0.15, -0.1) is 0 Å². The van der Waals surface area contributed by atoms with E-state index in [-0.39, 0.29) is 11.5 Å². The van der Waals surface area contributed by atoms with E-state index in [1.807, 2.05) is 0 Å². The minimum atomic E-state index is -4.28. The van der Waals surface area contributed by atoms with E-state index in [2.05, 4.69) is 6.58 Å². The predicted octanol–water partition coefficient (Wildman–Crippen LogP) is 4.23. The van der Waals surface area contributed by atoms with Crippen LogP contribution in [0.5, 0.6) is 0 Å². The average molecular weight is 212 g/mol. The maximum Gasteiger partial charge on any atom is 0.417 e. The monoisotopic (exact) mass is 212 g/mol. The Hall–Kier alpha value is -1.25. The van der Waals surface area contributed by atoms with E-state index < -0.39 is 11.7 Å². The first-order valence-electron chi connectivity index (χ1n) is 4.86. The van der Waals surface area contributed by atoms with Crippen LogP contribution in [-0.2, 0) is 6.18 Å². The number of hydrogen-bond donors (Lipinski definition) is 0. The number of halogens is 3. The SMILES string of the molecule is C=Cc1cccc(C2CC2)c1C(F)(F)F. The topological polar surface area (TPSA) is 0 Å². The van der Waals surface area contributed by atoms with Gasteiger partial charge in [0.1, 0.15) is 0 Å². The highest BCUT2D eigenvalue weighted by Crippen LogP contribution is 2.47. The zero-order valence-electron chi connectivity index (χ0n) is 8.14. The Morgan fingerprint density at radius 1 is 1.27 bits per heavy atom. The van der Waals surface area contributed by atoms with Gasteiger partial charge in [0, 0.05) is 0 Å². The summed E-state index contributed by atoms with van der Waals surface area (Å²) < 4.78 is 38.5. The molecule has 0 aromatic heterocycles. The molecule has 0 amide bonds. The first-order chi connectivity index (χ1) is 7.04.